The standard InChI is InChI=1S/C13H14N4S/c14-11-9-12(15)17-13(16-11)18-8-4-7-10-5-2-1-3-6-10/h1-7,9H,8H2,(H4,14,15,16,17)/b7-4+. The normalized spacial score (nSPS) is 10.9. The Balaban J connectivity index is 1.90. The average molecular weight is 258 g/mol. The second-order valence-electron chi connectivity index (χ2n) is 3.62. The molecule has 0 aliphatic rings. The van der Waals surface area contributed by atoms with Gasteiger partial charge in [-0.2, -0.15) is 0 Å². The molecule has 0 radical (unpaired) electrons. The van der Waals surface area contributed by atoms with Crippen LogP contribution in [0.2, 0.25) is 0 Å². The molecule has 0 saturated carbocycles. The summed E-state index contributed by atoms with van der Waals surface area (Å²) in [6, 6.07) is 11.7. The lowest BCUT2D eigenvalue weighted by atomic mass is 10.2. The summed E-state index contributed by atoms with van der Waals surface area (Å²) in [7, 11) is 0. The highest BCUT2D eigenvalue weighted by Gasteiger charge is 1.99. The molecule has 2 aromatic rings. The van der Waals surface area contributed by atoms with Gasteiger partial charge in [-0.05, 0) is 5.56 Å². The summed E-state index contributed by atoms with van der Waals surface area (Å²) in [5.74, 6) is 1.58. The first-order chi connectivity index (χ1) is 8.74. The van der Waals surface area contributed by atoms with E-state index < -0.39 is 0 Å². The van der Waals surface area contributed by atoms with Crippen LogP contribution in [0.5, 0.6) is 0 Å². The molecule has 18 heavy (non-hydrogen) atoms. The Hall–Kier alpha value is -2.01. The van der Waals surface area contributed by atoms with Crippen molar-refractivity contribution in [3.05, 3.63) is 48.0 Å². The van der Waals surface area contributed by atoms with Crippen molar-refractivity contribution in [1.82, 2.24) is 9.97 Å². The Morgan fingerprint density at radius 2 is 1.72 bits per heavy atom. The summed E-state index contributed by atoms with van der Waals surface area (Å²) in [5, 5.41) is 0.602. The first kappa shape index (κ1) is 12.4. The van der Waals surface area contributed by atoms with E-state index in [1.165, 1.54) is 17.3 Å². The van der Waals surface area contributed by atoms with Crippen molar-refractivity contribution >= 4 is 29.5 Å². The largest absolute Gasteiger partial charge is 0.383 e. The van der Waals surface area contributed by atoms with E-state index >= 15 is 0 Å². The van der Waals surface area contributed by atoms with Crippen molar-refractivity contribution < 1.29 is 0 Å². The molecule has 0 bridgehead atoms. The summed E-state index contributed by atoms with van der Waals surface area (Å²) in [5.41, 5.74) is 12.4. The number of hydrogen-bond acceptors (Lipinski definition) is 5. The number of aromatic nitrogens is 2. The van der Waals surface area contributed by atoms with E-state index in [2.05, 4.69) is 34.3 Å². The Morgan fingerprint density at radius 3 is 2.39 bits per heavy atom. The van der Waals surface area contributed by atoms with Crippen LogP contribution >= 0.6 is 11.8 Å². The van der Waals surface area contributed by atoms with Crippen LogP contribution in [0.25, 0.3) is 6.08 Å². The van der Waals surface area contributed by atoms with Crippen LogP contribution in [0.4, 0.5) is 11.6 Å². The second kappa shape index (κ2) is 6.07. The highest BCUT2D eigenvalue weighted by molar-refractivity contribution is 7.99. The summed E-state index contributed by atoms with van der Waals surface area (Å²) in [4.78, 5) is 8.19. The quantitative estimate of drug-likeness (QED) is 0.650. The summed E-state index contributed by atoms with van der Waals surface area (Å²) in [6.07, 6.45) is 4.12. The molecule has 0 saturated heterocycles. The van der Waals surface area contributed by atoms with Gasteiger partial charge in [-0.1, -0.05) is 54.2 Å². The summed E-state index contributed by atoms with van der Waals surface area (Å²) in [6.45, 7) is 0. The molecule has 92 valence electrons. The topological polar surface area (TPSA) is 77.8 Å². The van der Waals surface area contributed by atoms with Gasteiger partial charge in [0.05, 0.1) is 0 Å². The third kappa shape index (κ3) is 3.78. The van der Waals surface area contributed by atoms with Crippen molar-refractivity contribution in [2.24, 2.45) is 0 Å². The molecule has 0 aliphatic carbocycles. The number of nitrogens with zero attached hydrogens (tertiary/aromatic N) is 2. The van der Waals surface area contributed by atoms with Gasteiger partial charge in [-0.15, -0.1) is 0 Å². The summed E-state index contributed by atoms with van der Waals surface area (Å²) >= 11 is 1.50. The fraction of sp³-hybridized carbons (Fsp3) is 0.0769. The van der Waals surface area contributed by atoms with Crippen LogP contribution in [-0.2, 0) is 0 Å². The van der Waals surface area contributed by atoms with Crippen LogP contribution in [0.1, 0.15) is 5.56 Å². The first-order valence-electron chi connectivity index (χ1n) is 5.48. The van der Waals surface area contributed by atoms with Crippen LogP contribution in [0.15, 0.2) is 47.6 Å². The van der Waals surface area contributed by atoms with E-state index in [4.69, 9.17) is 11.5 Å². The van der Waals surface area contributed by atoms with E-state index in [0.717, 1.165) is 5.75 Å². The van der Waals surface area contributed by atoms with Gasteiger partial charge in [0.1, 0.15) is 11.6 Å². The third-order valence-electron chi connectivity index (χ3n) is 2.16. The highest BCUT2D eigenvalue weighted by atomic mass is 32.2. The van der Waals surface area contributed by atoms with E-state index in [9.17, 15) is 0 Å². The lowest BCUT2D eigenvalue weighted by Gasteiger charge is -2.00. The van der Waals surface area contributed by atoms with Gasteiger partial charge in [-0.3, -0.25) is 0 Å². The summed E-state index contributed by atoms with van der Waals surface area (Å²) < 4.78 is 0. The lowest BCUT2D eigenvalue weighted by Crippen LogP contribution is -1.99. The molecule has 0 aliphatic heterocycles. The van der Waals surface area contributed by atoms with E-state index in [0.29, 0.717) is 16.8 Å². The SMILES string of the molecule is Nc1cc(N)nc(SC/C=C/c2ccccc2)n1. The molecular formula is C13H14N4S. The lowest BCUT2D eigenvalue weighted by molar-refractivity contribution is 0.987. The van der Waals surface area contributed by atoms with Gasteiger partial charge in [0, 0.05) is 11.8 Å². The van der Waals surface area contributed by atoms with Crippen LogP contribution in [0, 0.1) is 0 Å². The van der Waals surface area contributed by atoms with E-state index in [1.807, 2.05) is 18.2 Å². The molecule has 1 aromatic heterocycles. The van der Waals surface area contributed by atoms with Crippen LogP contribution in [0.3, 0.4) is 0 Å². The van der Waals surface area contributed by atoms with Crippen LogP contribution < -0.4 is 11.5 Å². The molecule has 5 heteroatoms. The van der Waals surface area contributed by atoms with Gasteiger partial charge in [0.25, 0.3) is 0 Å². The van der Waals surface area contributed by atoms with E-state index in [-0.39, 0.29) is 0 Å². The molecule has 1 heterocycles. The smallest absolute Gasteiger partial charge is 0.191 e. The number of rotatable bonds is 4. The zero-order valence-electron chi connectivity index (χ0n) is 9.78. The predicted molar refractivity (Wildman–Crippen MR) is 77.1 cm³/mol. The Morgan fingerprint density at radius 1 is 1.06 bits per heavy atom. The van der Waals surface area contributed by atoms with Crippen molar-refractivity contribution in [3.63, 3.8) is 0 Å². The maximum Gasteiger partial charge on any atom is 0.191 e. The zero-order valence-corrected chi connectivity index (χ0v) is 10.6. The molecule has 0 fully saturated rings. The molecular weight excluding hydrogens is 244 g/mol. The minimum absolute atomic E-state index is 0.400. The fourth-order valence-corrected chi connectivity index (χ4v) is 2.08. The minimum Gasteiger partial charge on any atom is -0.383 e. The molecule has 4 nitrogen and oxygen atoms in total. The minimum atomic E-state index is 0.400. The number of nitrogen functional groups attached to an aromatic ring is 2. The van der Waals surface area contributed by atoms with Crippen molar-refractivity contribution in [3.8, 4) is 0 Å². The number of hydrogen-bond donors (Lipinski definition) is 2. The maximum absolute atomic E-state index is 5.59. The van der Waals surface area contributed by atoms with Gasteiger partial charge in [0.2, 0.25) is 0 Å². The maximum atomic E-state index is 5.59. The van der Waals surface area contributed by atoms with Gasteiger partial charge >= 0.3 is 0 Å². The third-order valence-corrected chi connectivity index (χ3v) is 2.96. The molecule has 4 N–H and O–H groups in total. The monoisotopic (exact) mass is 258 g/mol. The number of anilines is 2. The second-order valence-corrected chi connectivity index (χ2v) is 4.61. The average Bonchev–Trinajstić information content (AvgIpc) is 2.35. The predicted octanol–water partition coefficient (Wildman–Crippen LogP) is 2.45. The highest BCUT2D eigenvalue weighted by Crippen LogP contribution is 2.16. The van der Waals surface area contributed by atoms with Crippen LogP contribution in [-0.4, -0.2) is 15.7 Å². The fourth-order valence-electron chi connectivity index (χ4n) is 1.40. The molecule has 0 atom stereocenters. The molecule has 2 rings (SSSR count). The van der Waals surface area contributed by atoms with Crippen molar-refractivity contribution in [2.75, 3.05) is 17.2 Å². The Kier molecular flexibility index (Phi) is 4.20. The number of thioether (sulfide) groups is 1. The van der Waals surface area contributed by atoms with Gasteiger partial charge in [-0.25, -0.2) is 9.97 Å². The molecule has 0 amide bonds. The van der Waals surface area contributed by atoms with Crippen molar-refractivity contribution in [2.45, 2.75) is 5.16 Å². The van der Waals surface area contributed by atoms with Gasteiger partial charge in [0.15, 0.2) is 5.16 Å². The Bertz CT molecular complexity index is 520. The number of benzene rings is 1. The van der Waals surface area contributed by atoms with E-state index in [1.54, 1.807) is 6.07 Å². The van der Waals surface area contributed by atoms with Gasteiger partial charge < -0.3 is 11.5 Å². The Labute approximate surface area is 110 Å². The molecule has 1 aromatic carbocycles. The first-order valence-corrected chi connectivity index (χ1v) is 6.47. The van der Waals surface area contributed by atoms with Crippen molar-refractivity contribution in [1.29, 1.82) is 0 Å². The molecule has 0 unspecified atom stereocenters. The molecule has 0 spiro atoms. The zero-order chi connectivity index (χ0) is 12.8. The number of nitrogens with two attached hydrogens (primary N) is 2.